The molecule has 7 heteroatoms. The normalized spacial score (nSPS) is 24.6. The topological polar surface area (TPSA) is 77.4 Å². The lowest BCUT2D eigenvalue weighted by Crippen LogP contribution is -2.48. The number of amides is 2. The summed E-state index contributed by atoms with van der Waals surface area (Å²) in [5.74, 6) is 1.06. The number of nitrogens with one attached hydrogen (secondary N) is 2. The molecule has 1 saturated heterocycles. The maximum Gasteiger partial charge on any atom is 0.315 e. The number of ether oxygens (including phenoxy) is 2. The Balaban J connectivity index is 1.36. The van der Waals surface area contributed by atoms with Gasteiger partial charge in [0.15, 0.2) is 0 Å². The van der Waals surface area contributed by atoms with Crippen molar-refractivity contribution in [2.45, 2.75) is 57.3 Å². The van der Waals surface area contributed by atoms with Crippen molar-refractivity contribution >= 4 is 6.03 Å². The van der Waals surface area contributed by atoms with Gasteiger partial charge in [0.05, 0.1) is 18.8 Å². The fourth-order valence-electron chi connectivity index (χ4n) is 3.97. The SMILES string of the molecule is CC(NC(=O)N[C@@H]1CCO[C@H]1c1cnn(C(C)C)c1)C1COc2ccccc21. The number of hydrogen-bond acceptors (Lipinski definition) is 4. The van der Waals surface area contributed by atoms with E-state index in [1.165, 1.54) is 0 Å². The van der Waals surface area contributed by atoms with Crippen LogP contribution in [-0.2, 0) is 4.74 Å². The molecule has 0 saturated carbocycles. The van der Waals surface area contributed by atoms with Crippen molar-refractivity contribution in [1.29, 1.82) is 0 Å². The van der Waals surface area contributed by atoms with Gasteiger partial charge in [0, 0.05) is 41.9 Å². The van der Waals surface area contributed by atoms with Crippen LogP contribution in [0.5, 0.6) is 5.75 Å². The lowest BCUT2D eigenvalue weighted by atomic mass is 9.94. The van der Waals surface area contributed by atoms with Crippen LogP contribution in [0.25, 0.3) is 0 Å². The van der Waals surface area contributed by atoms with E-state index in [1.54, 1.807) is 0 Å². The van der Waals surface area contributed by atoms with Gasteiger partial charge in [0.25, 0.3) is 0 Å². The molecule has 4 rings (SSSR count). The number of rotatable bonds is 5. The van der Waals surface area contributed by atoms with E-state index in [-0.39, 0.29) is 30.1 Å². The van der Waals surface area contributed by atoms with E-state index in [9.17, 15) is 4.79 Å². The van der Waals surface area contributed by atoms with Crippen LogP contribution in [0.3, 0.4) is 0 Å². The molecular formula is C21H28N4O3. The van der Waals surface area contributed by atoms with Gasteiger partial charge in [-0.3, -0.25) is 4.68 Å². The molecule has 1 aromatic carbocycles. The summed E-state index contributed by atoms with van der Waals surface area (Å²) in [6.07, 6.45) is 4.46. The first kappa shape index (κ1) is 18.8. The van der Waals surface area contributed by atoms with E-state index < -0.39 is 0 Å². The molecule has 0 radical (unpaired) electrons. The second-order valence-corrected chi connectivity index (χ2v) is 7.90. The molecule has 1 fully saturated rings. The lowest BCUT2D eigenvalue weighted by Gasteiger charge is -2.23. The van der Waals surface area contributed by atoms with Gasteiger partial charge < -0.3 is 20.1 Å². The second-order valence-electron chi connectivity index (χ2n) is 7.90. The number of carbonyl (C=O) groups excluding carboxylic acids is 1. The summed E-state index contributed by atoms with van der Waals surface area (Å²) in [4.78, 5) is 12.6. The summed E-state index contributed by atoms with van der Waals surface area (Å²) in [7, 11) is 0. The number of hydrogen-bond donors (Lipinski definition) is 2. The van der Waals surface area contributed by atoms with Crippen LogP contribution in [0, 0.1) is 0 Å². The van der Waals surface area contributed by atoms with E-state index >= 15 is 0 Å². The Morgan fingerprint density at radius 1 is 1.29 bits per heavy atom. The van der Waals surface area contributed by atoms with Crippen molar-refractivity contribution in [3.63, 3.8) is 0 Å². The van der Waals surface area contributed by atoms with Crippen molar-refractivity contribution < 1.29 is 14.3 Å². The molecule has 1 aromatic heterocycles. The summed E-state index contributed by atoms with van der Waals surface area (Å²) in [6, 6.07) is 8.03. The van der Waals surface area contributed by atoms with Crippen LogP contribution in [-0.4, -0.2) is 41.1 Å². The smallest absolute Gasteiger partial charge is 0.315 e. The molecule has 2 N–H and O–H groups in total. The number of para-hydroxylation sites is 1. The second kappa shape index (κ2) is 7.83. The van der Waals surface area contributed by atoms with Gasteiger partial charge in [-0.15, -0.1) is 0 Å². The van der Waals surface area contributed by atoms with Gasteiger partial charge in [-0.05, 0) is 33.3 Å². The number of benzene rings is 1. The standard InChI is InChI=1S/C21H28N4O3/c1-13(2)25-11-15(10-22-25)20-18(8-9-27-20)24-21(26)23-14(3)17-12-28-19-7-5-4-6-16(17)19/h4-7,10-11,13-14,17-18,20H,8-9,12H2,1-3H3,(H2,23,24,26)/t14?,17?,18-,20+/m1/s1. The third-order valence-corrected chi connectivity index (χ3v) is 5.59. The Kier molecular flexibility index (Phi) is 5.26. The minimum Gasteiger partial charge on any atom is -0.493 e. The highest BCUT2D eigenvalue weighted by atomic mass is 16.5. The zero-order valence-electron chi connectivity index (χ0n) is 16.6. The molecule has 3 heterocycles. The number of fused-ring (bicyclic) bond motifs is 1. The summed E-state index contributed by atoms with van der Waals surface area (Å²) in [5.41, 5.74) is 2.15. The molecule has 2 amide bonds. The molecule has 150 valence electrons. The number of urea groups is 1. The Hall–Kier alpha value is -2.54. The van der Waals surface area contributed by atoms with Crippen LogP contribution in [0.2, 0.25) is 0 Å². The summed E-state index contributed by atoms with van der Waals surface area (Å²) in [5, 5.41) is 10.6. The first-order chi connectivity index (χ1) is 13.5. The Morgan fingerprint density at radius 3 is 2.89 bits per heavy atom. The molecule has 2 unspecified atom stereocenters. The quantitative estimate of drug-likeness (QED) is 0.830. The van der Waals surface area contributed by atoms with Crippen molar-refractivity contribution in [1.82, 2.24) is 20.4 Å². The predicted octanol–water partition coefficient (Wildman–Crippen LogP) is 3.16. The third kappa shape index (κ3) is 3.71. The molecule has 2 aromatic rings. The Labute approximate surface area is 165 Å². The van der Waals surface area contributed by atoms with Crippen molar-refractivity contribution in [2.24, 2.45) is 0 Å². The molecular weight excluding hydrogens is 356 g/mol. The highest BCUT2D eigenvalue weighted by Crippen LogP contribution is 2.35. The van der Waals surface area contributed by atoms with Gasteiger partial charge in [0.2, 0.25) is 0 Å². The zero-order valence-corrected chi connectivity index (χ0v) is 16.6. The summed E-state index contributed by atoms with van der Waals surface area (Å²) in [6.45, 7) is 7.40. The highest BCUT2D eigenvalue weighted by Gasteiger charge is 2.34. The van der Waals surface area contributed by atoms with Crippen molar-refractivity contribution in [3.05, 3.63) is 47.8 Å². The van der Waals surface area contributed by atoms with Crippen LogP contribution in [0.4, 0.5) is 4.79 Å². The van der Waals surface area contributed by atoms with E-state index in [0.29, 0.717) is 19.3 Å². The van der Waals surface area contributed by atoms with Gasteiger partial charge in [-0.25, -0.2) is 4.79 Å². The first-order valence-corrected chi connectivity index (χ1v) is 9.97. The fraction of sp³-hybridized carbons (Fsp3) is 0.524. The van der Waals surface area contributed by atoms with Gasteiger partial charge in [-0.2, -0.15) is 5.10 Å². The van der Waals surface area contributed by atoms with E-state index in [4.69, 9.17) is 9.47 Å². The molecule has 0 bridgehead atoms. The third-order valence-electron chi connectivity index (χ3n) is 5.59. The number of aromatic nitrogens is 2. The van der Waals surface area contributed by atoms with Crippen molar-refractivity contribution in [2.75, 3.05) is 13.2 Å². The maximum absolute atomic E-state index is 12.6. The minimum absolute atomic E-state index is 0.0342. The summed E-state index contributed by atoms with van der Waals surface area (Å²) < 4.78 is 13.5. The Morgan fingerprint density at radius 2 is 2.11 bits per heavy atom. The summed E-state index contributed by atoms with van der Waals surface area (Å²) >= 11 is 0. The van der Waals surface area contributed by atoms with Crippen molar-refractivity contribution in [3.8, 4) is 5.75 Å². The predicted molar refractivity (Wildman–Crippen MR) is 106 cm³/mol. The fourth-order valence-corrected chi connectivity index (χ4v) is 3.97. The van der Waals surface area contributed by atoms with Crippen LogP contribution >= 0.6 is 0 Å². The molecule has 28 heavy (non-hydrogen) atoms. The monoisotopic (exact) mass is 384 g/mol. The van der Waals surface area contributed by atoms with Gasteiger partial charge in [0.1, 0.15) is 11.9 Å². The molecule has 0 spiro atoms. The van der Waals surface area contributed by atoms with E-state index in [2.05, 4.69) is 35.6 Å². The van der Waals surface area contributed by atoms with Gasteiger partial charge >= 0.3 is 6.03 Å². The largest absolute Gasteiger partial charge is 0.493 e. The molecule has 2 aliphatic heterocycles. The molecule has 2 aliphatic rings. The number of nitrogens with zero attached hydrogens (tertiary/aromatic N) is 2. The highest BCUT2D eigenvalue weighted by molar-refractivity contribution is 5.75. The van der Waals surface area contributed by atoms with Crippen LogP contribution in [0.1, 0.15) is 56.4 Å². The number of carbonyl (C=O) groups is 1. The van der Waals surface area contributed by atoms with Crippen LogP contribution in [0.15, 0.2) is 36.7 Å². The van der Waals surface area contributed by atoms with Gasteiger partial charge in [-0.1, -0.05) is 18.2 Å². The average Bonchev–Trinajstić information content (AvgIpc) is 3.40. The van der Waals surface area contributed by atoms with E-state index in [1.807, 2.05) is 42.2 Å². The lowest BCUT2D eigenvalue weighted by molar-refractivity contribution is 0.0996. The zero-order chi connectivity index (χ0) is 19.7. The Bertz CT molecular complexity index is 835. The van der Waals surface area contributed by atoms with E-state index in [0.717, 1.165) is 23.3 Å². The molecule has 4 atom stereocenters. The minimum atomic E-state index is -0.173. The molecule has 0 aliphatic carbocycles. The first-order valence-electron chi connectivity index (χ1n) is 9.97. The average molecular weight is 384 g/mol. The van der Waals surface area contributed by atoms with Crippen LogP contribution < -0.4 is 15.4 Å². The molecule has 7 nitrogen and oxygen atoms in total. The maximum atomic E-state index is 12.6.